The number of aromatic nitrogens is 3. The van der Waals surface area contributed by atoms with Crippen LogP contribution in [0, 0.1) is 0 Å². The molecule has 0 radical (unpaired) electrons. The van der Waals surface area contributed by atoms with E-state index in [1.54, 1.807) is 0 Å². The molecule has 0 fully saturated rings. The Balaban J connectivity index is 1.73. The maximum Gasteiger partial charge on any atom is 0.200 e. The number of hydrogen-bond acceptors (Lipinski definition) is 3. The highest BCUT2D eigenvalue weighted by atomic mass is 16.1. The van der Waals surface area contributed by atoms with E-state index in [1.807, 2.05) is 12.1 Å². The lowest BCUT2D eigenvalue weighted by Crippen LogP contribution is -2.20. The summed E-state index contributed by atoms with van der Waals surface area (Å²) in [5, 5.41) is 6.29. The van der Waals surface area contributed by atoms with Crippen LogP contribution < -0.4 is 0 Å². The fourth-order valence-electron chi connectivity index (χ4n) is 2.21. The van der Waals surface area contributed by atoms with E-state index in [1.165, 1.54) is 17.5 Å². The summed E-state index contributed by atoms with van der Waals surface area (Å²) < 4.78 is 0. The first-order chi connectivity index (χ1) is 7.84. The first kappa shape index (κ1) is 9.27. The molecule has 1 N–H and O–H groups in total. The van der Waals surface area contributed by atoms with Crippen molar-refractivity contribution < 1.29 is 4.79 Å². The summed E-state index contributed by atoms with van der Waals surface area (Å²) in [7, 11) is 0. The molecular weight excluding hydrogens is 202 g/mol. The Labute approximate surface area is 92.7 Å². The van der Waals surface area contributed by atoms with E-state index in [-0.39, 0.29) is 5.78 Å². The van der Waals surface area contributed by atoms with Crippen LogP contribution in [-0.2, 0) is 6.42 Å². The zero-order chi connectivity index (χ0) is 11.0. The molecule has 1 aromatic heterocycles. The SMILES string of the molecule is O=C(CC1Cc2ccccc21)c1ncn[nH]1. The van der Waals surface area contributed by atoms with Gasteiger partial charge in [0.15, 0.2) is 11.6 Å². The summed E-state index contributed by atoms with van der Waals surface area (Å²) in [6.07, 6.45) is 2.88. The maximum atomic E-state index is 11.8. The van der Waals surface area contributed by atoms with Crippen LogP contribution in [0.4, 0.5) is 0 Å². The molecule has 4 nitrogen and oxygen atoms in total. The summed E-state index contributed by atoms with van der Waals surface area (Å²) in [6, 6.07) is 8.26. The molecule has 3 rings (SSSR count). The predicted octanol–water partition coefficient (Wildman–Crippen LogP) is 1.72. The molecule has 0 spiro atoms. The number of benzene rings is 1. The van der Waals surface area contributed by atoms with Crippen molar-refractivity contribution in [1.29, 1.82) is 0 Å². The lowest BCUT2D eigenvalue weighted by atomic mass is 9.75. The van der Waals surface area contributed by atoms with Gasteiger partial charge in [-0.3, -0.25) is 9.89 Å². The zero-order valence-electron chi connectivity index (χ0n) is 8.68. The van der Waals surface area contributed by atoms with Crippen LogP contribution in [0.25, 0.3) is 0 Å². The van der Waals surface area contributed by atoms with Gasteiger partial charge >= 0.3 is 0 Å². The third-order valence-electron chi connectivity index (χ3n) is 3.07. The maximum absolute atomic E-state index is 11.8. The second-order valence-electron chi connectivity index (χ2n) is 4.06. The molecule has 4 heteroatoms. The minimum absolute atomic E-state index is 0.0389. The molecule has 16 heavy (non-hydrogen) atoms. The van der Waals surface area contributed by atoms with Gasteiger partial charge in [-0.05, 0) is 23.5 Å². The number of nitrogens with one attached hydrogen (secondary N) is 1. The summed E-state index contributed by atoms with van der Waals surface area (Å²) in [4.78, 5) is 15.7. The summed E-state index contributed by atoms with van der Waals surface area (Å²) in [6.45, 7) is 0. The van der Waals surface area contributed by atoms with E-state index in [0.29, 0.717) is 18.2 Å². The molecular formula is C12H11N3O. The molecule has 0 amide bonds. The number of nitrogens with zero attached hydrogens (tertiary/aromatic N) is 2. The molecule has 1 atom stereocenters. The highest BCUT2D eigenvalue weighted by Gasteiger charge is 2.28. The van der Waals surface area contributed by atoms with Crippen molar-refractivity contribution in [3.63, 3.8) is 0 Å². The van der Waals surface area contributed by atoms with Crippen molar-refractivity contribution in [2.24, 2.45) is 0 Å². The number of rotatable bonds is 3. The summed E-state index contributed by atoms with van der Waals surface area (Å²) in [5.74, 6) is 0.759. The van der Waals surface area contributed by atoms with Crippen molar-refractivity contribution in [3.05, 3.63) is 47.5 Å². The molecule has 0 saturated heterocycles. The van der Waals surface area contributed by atoms with Gasteiger partial charge in [0.05, 0.1) is 0 Å². The molecule has 0 saturated carbocycles. The van der Waals surface area contributed by atoms with Gasteiger partial charge < -0.3 is 0 Å². The number of ketones is 1. The highest BCUT2D eigenvalue weighted by Crippen LogP contribution is 2.37. The van der Waals surface area contributed by atoms with Crippen LogP contribution in [0.3, 0.4) is 0 Å². The van der Waals surface area contributed by atoms with Crippen molar-refractivity contribution in [3.8, 4) is 0 Å². The number of H-pyrrole nitrogens is 1. The Kier molecular flexibility index (Phi) is 2.06. The Morgan fingerprint density at radius 1 is 1.44 bits per heavy atom. The lowest BCUT2D eigenvalue weighted by Gasteiger charge is -2.29. The number of fused-ring (bicyclic) bond motifs is 1. The van der Waals surface area contributed by atoms with Crippen LogP contribution in [0.5, 0.6) is 0 Å². The first-order valence-electron chi connectivity index (χ1n) is 5.31. The molecule has 1 heterocycles. The molecule has 1 aromatic carbocycles. The Bertz CT molecular complexity index is 519. The molecule has 80 valence electrons. The van der Waals surface area contributed by atoms with Crippen LogP contribution in [-0.4, -0.2) is 21.0 Å². The van der Waals surface area contributed by atoms with E-state index in [0.717, 1.165) is 6.42 Å². The number of carbonyl (C=O) groups is 1. The third-order valence-corrected chi connectivity index (χ3v) is 3.07. The van der Waals surface area contributed by atoms with E-state index in [9.17, 15) is 4.79 Å². The number of carbonyl (C=O) groups excluding carboxylic acids is 1. The normalized spacial score (nSPS) is 17.6. The second kappa shape index (κ2) is 3.56. The van der Waals surface area contributed by atoms with Crippen LogP contribution in [0.1, 0.15) is 34.1 Å². The number of aromatic amines is 1. The Morgan fingerprint density at radius 2 is 2.31 bits per heavy atom. The standard InChI is InChI=1S/C12H11N3O/c16-11(12-13-7-14-15-12)6-9-5-8-3-1-2-4-10(8)9/h1-4,7,9H,5-6H2,(H,13,14,15). The zero-order valence-corrected chi connectivity index (χ0v) is 8.68. The van der Waals surface area contributed by atoms with Gasteiger partial charge in [0, 0.05) is 6.42 Å². The van der Waals surface area contributed by atoms with Gasteiger partial charge in [-0.15, -0.1) is 0 Å². The van der Waals surface area contributed by atoms with Gasteiger partial charge in [-0.25, -0.2) is 4.98 Å². The monoisotopic (exact) mass is 213 g/mol. The topological polar surface area (TPSA) is 58.6 Å². The average molecular weight is 213 g/mol. The number of hydrogen-bond donors (Lipinski definition) is 1. The lowest BCUT2D eigenvalue weighted by molar-refractivity contribution is 0.0961. The van der Waals surface area contributed by atoms with Crippen LogP contribution >= 0.6 is 0 Å². The van der Waals surface area contributed by atoms with Crippen molar-refractivity contribution in [2.45, 2.75) is 18.8 Å². The largest absolute Gasteiger partial charge is 0.291 e. The van der Waals surface area contributed by atoms with E-state index in [4.69, 9.17) is 0 Å². The van der Waals surface area contributed by atoms with Crippen LogP contribution in [0.15, 0.2) is 30.6 Å². The second-order valence-corrected chi connectivity index (χ2v) is 4.06. The minimum atomic E-state index is 0.0389. The van der Waals surface area contributed by atoms with Gasteiger partial charge in [-0.1, -0.05) is 24.3 Å². The quantitative estimate of drug-likeness (QED) is 0.790. The van der Waals surface area contributed by atoms with E-state index >= 15 is 0 Å². The van der Waals surface area contributed by atoms with Crippen molar-refractivity contribution in [1.82, 2.24) is 15.2 Å². The molecule has 1 aliphatic carbocycles. The van der Waals surface area contributed by atoms with Crippen molar-refractivity contribution >= 4 is 5.78 Å². The fourth-order valence-corrected chi connectivity index (χ4v) is 2.21. The van der Waals surface area contributed by atoms with E-state index < -0.39 is 0 Å². The van der Waals surface area contributed by atoms with Gasteiger partial charge in [0.2, 0.25) is 0 Å². The first-order valence-corrected chi connectivity index (χ1v) is 5.31. The molecule has 0 bridgehead atoms. The third kappa shape index (κ3) is 1.43. The number of Topliss-reactive ketones (excluding diaryl/α,β-unsaturated/α-hetero) is 1. The van der Waals surface area contributed by atoms with Gasteiger partial charge in [-0.2, -0.15) is 5.10 Å². The molecule has 2 aromatic rings. The molecule has 1 aliphatic rings. The summed E-state index contributed by atoms with van der Waals surface area (Å²) in [5.41, 5.74) is 2.66. The van der Waals surface area contributed by atoms with Gasteiger partial charge in [0.25, 0.3) is 0 Å². The Morgan fingerprint density at radius 3 is 3.06 bits per heavy atom. The van der Waals surface area contributed by atoms with E-state index in [2.05, 4.69) is 27.3 Å². The highest BCUT2D eigenvalue weighted by molar-refractivity contribution is 5.93. The Hall–Kier alpha value is -1.97. The predicted molar refractivity (Wildman–Crippen MR) is 58.2 cm³/mol. The van der Waals surface area contributed by atoms with Crippen molar-refractivity contribution in [2.75, 3.05) is 0 Å². The minimum Gasteiger partial charge on any atom is -0.291 e. The summed E-state index contributed by atoms with van der Waals surface area (Å²) >= 11 is 0. The fraction of sp³-hybridized carbons (Fsp3) is 0.250. The smallest absolute Gasteiger partial charge is 0.200 e. The van der Waals surface area contributed by atoms with Crippen LogP contribution in [0.2, 0.25) is 0 Å². The molecule has 0 aliphatic heterocycles. The molecule has 1 unspecified atom stereocenters. The van der Waals surface area contributed by atoms with Gasteiger partial charge in [0.1, 0.15) is 6.33 Å². The average Bonchev–Trinajstić information content (AvgIpc) is 2.79.